The highest BCUT2D eigenvalue weighted by Gasteiger charge is 2.53. The molecule has 158 valence electrons. The molecule has 3 amide bonds. The van der Waals surface area contributed by atoms with E-state index in [0.717, 1.165) is 30.5 Å². The first-order valence-corrected chi connectivity index (χ1v) is 11.6. The van der Waals surface area contributed by atoms with Crippen LogP contribution in [0.3, 0.4) is 0 Å². The number of rotatable bonds is 6. The Morgan fingerprint density at radius 2 is 1.71 bits per heavy atom. The highest BCUT2D eigenvalue weighted by atomic mass is 32.1. The van der Waals surface area contributed by atoms with Gasteiger partial charge in [-0.2, -0.15) is 0 Å². The molecule has 6 heteroatoms. The maximum Gasteiger partial charge on any atom is 0.326 e. The number of likely N-dealkylation sites (tertiary alicyclic amines) is 1. The summed E-state index contributed by atoms with van der Waals surface area (Å²) >= 11 is 1.74. The molecule has 0 radical (unpaired) electrons. The molecular weight excluding hydrogens is 406 g/mol. The average molecular weight is 432 g/mol. The standard InChI is InChI=1S/C25H25N3O2S/c29-23-25(20-11-5-2-6-12-20,17-19-9-3-1-4-10-19)26-24(30)28(23)18-27-15-7-13-21(27)22-14-8-16-31-22/h1-6,8-12,14,16,21H,7,13,15,17-18H2,(H,26,30). The van der Waals surface area contributed by atoms with Gasteiger partial charge in [-0.3, -0.25) is 9.69 Å². The Kier molecular flexibility index (Phi) is 5.34. The van der Waals surface area contributed by atoms with Crippen LogP contribution in [-0.4, -0.2) is 35.0 Å². The van der Waals surface area contributed by atoms with Crippen LogP contribution in [-0.2, 0) is 16.8 Å². The van der Waals surface area contributed by atoms with Crippen molar-refractivity contribution in [2.75, 3.05) is 13.2 Å². The molecule has 2 aliphatic heterocycles. The Morgan fingerprint density at radius 1 is 0.968 bits per heavy atom. The number of nitrogens with zero attached hydrogens (tertiary/aromatic N) is 2. The number of carbonyl (C=O) groups excluding carboxylic acids is 2. The van der Waals surface area contributed by atoms with Gasteiger partial charge in [-0.05, 0) is 35.4 Å². The Balaban J connectivity index is 1.45. The monoisotopic (exact) mass is 431 g/mol. The number of carbonyl (C=O) groups is 2. The van der Waals surface area contributed by atoms with Gasteiger partial charge in [0.25, 0.3) is 5.91 Å². The largest absolute Gasteiger partial charge is 0.326 e. The molecular formula is C25H25N3O2S. The van der Waals surface area contributed by atoms with Crippen molar-refractivity contribution in [1.29, 1.82) is 0 Å². The molecule has 0 spiro atoms. The second-order valence-electron chi connectivity index (χ2n) is 8.22. The molecule has 2 saturated heterocycles. The Bertz CT molecular complexity index is 1050. The Hall–Kier alpha value is -2.96. The van der Waals surface area contributed by atoms with Gasteiger partial charge in [0.2, 0.25) is 0 Å². The van der Waals surface area contributed by atoms with Crippen LogP contribution in [0.5, 0.6) is 0 Å². The summed E-state index contributed by atoms with van der Waals surface area (Å²) in [6.07, 6.45) is 2.55. The summed E-state index contributed by atoms with van der Waals surface area (Å²) in [5.74, 6) is -0.176. The first-order chi connectivity index (χ1) is 15.2. The van der Waals surface area contributed by atoms with Crippen LogP contribution >= 0.6 is 11.3 Å². The minimum absolute atomic E-state index is 0.176. The number of hydrogen-bond acceptors (Lipinski definition) is 4. The predicted octanol–water partition coefficient (Wildman–Crippen LogP) is 4.53. The topological polar surface area (TPSA) is 52.7 Å². The molecule has 0 saturated carbocycles. The van der Waals surface area contributed by atoms with Gasteiger partial charge in [-0.25, -0.2) is 9.69 Å². The van der Waals surface area contributed by atoms with Crippen molar-refractivity contribution >= 4 is 23.3 Å². The number of urea groups is 1. The molecule has 31 heavy (non-hydrogen) atoms. The summed E-state index contributed by atoms with van der Waals surface area (Å²) in [7, 11) is 0. The first-order valence-electron chi connectivity index (χ1n) is 10.7. The lowest BCUT2D eigenvalue weighted by Crippen LogP contribution is -2.47. The summed E-state index contributed by atoms with van der Waals surface area (Å²) in [6, 6.07) is 23.6. The lowest BCUT2D eigenvalue weighted by Gasteiger charge is -2.30. The van der Waals surface area contributed by atoms with Crippen molar-refractivity contribution in [3.05, 3.63) is 94.2 Å². The maximum atomic E-state index is 13.8. The van der Waals surface area contributed by atoms with Crippen molar-refractivity contribution in [2.24, 2.45) is 0 Å². The third-order valence-electron chi connectivity index (χ3n) is 6.31. The lowest BCUT2D eigenvalue weighted by atomic mass is 9.83. The fourth-order valence-corrected chi connectivity index (χ4v) is 5.67. The summed E-state index contributed by atoms with van der Waals surface area (Å²) in [6.45, 7) is 1.20. The number of nitrogens with one attached hydrogen (secondary N) is 1. The smallest absolute Gasteiger partial charge is 0.319 e. The van der Waals surface area contributed by atoms with E-state index in [4.69, 9.17) is 0 Å². The number of hydrogen-bond donors (Lipinski definition) is 1. The molecule has 2 unspecified atom stereocenters. The van der Waals surface area contributed by atoms with Crippen molar-refractivity contribution < 1.29 is 9.59 Å². The van der Waals surface area contributed by atoms with Gasteiger partial charge in [0, 0.05) is 23.9 Å². The van der Waals surface area contributed by atoms with Crippen LogP contribution < -0.4 is 5.32 Å². The third-order valence-corrected chi connectivity index (χ3v) is 7.29. The van der Waals surface area contributed by atoms with E-state index in [1.807, 2.05) is 60.7 Å². The number of benzene rings is 2. The number of amides is 3. The van der Waals surface area contributed by atoms with Crippen molar-refractivity contribution in [3.8, 4) is 0 Å². The van der Waals surface area contributed by atoms with E-state index in [1.165, 1.54) is 9.78 Å². The predicted molar refractivity (Wildman–Crippen MR) is 122 cm³/mol. The van der Waals surface area contributed by atoms with Gasteiger partial charge in [0.1, 0.15) is 0 Å². The maximum absolute atomic E-state index is 13.8. The molecule has 2 aromatic carbocycles. The highest BCUT2D eigenvalue weighted by Crippen LogP contribution is 2.37. The molecule has 1 N–H and O–H groups in total. The fourth-order valence-electron chi connectivity index (χ4n) is 4.78. The molecule has 2 fully saturated rings. The second kappa shape index (κ2) is 8.29. The molecule has 2 aliphatic rings. The van der Waals surface area contributed by atoms with E-state index in [-0.39, 0.29) is 18.0 Å². The average Bonchev–Trinajstić information content (AvgIpc) is 3.53. The van der Waals surface area contributed by atoms with Crippen molar-refractivity contribution in [2.45, 2.75) is 30.8 Å². The zero-order valence-corrected chi connectivity index (χ0v) is 18.1. The van der Waals surface area contributed by atoms with Crippen LogP contribution in [0.25, 0.3) is 0 Å². The SMILES string of the molecule is O=C1NC(Cc2ccccc2)(c2ccccc2)C(=O)N1CN1CCCC1c1cccs1. The molecule has 2 atom stereocenters. The third kappa shape index (κ3) is 3.66. The highest BCUT2D eigenvalue weighted by molar-refractivity contribution is 7.10. The van der Waals surface area contributed by atoms with Gasteiger partial charge in [0.15, 0.2) is 5.54 Å². The summed E-state index contributed by atoms with van der Waals surface area (Å²) in [5, 5.41) is 5.15. The molecule has 1 aromatic heterocycles. The van der Waals surface area contributed by atoms with E-state index >= 15 is 0 Å². The van der Waals surface area contributed by atoms with Crippen molar-refractivity contribution in [3.63, 3.8) is 0 Å². The zero-order valence-electron chi connectivity index (χ0n) is 17.2. The molecule has 5 rings (SSSR count). The van der Waals surface area contributed by atoms with Gasteiger partial charge in [-0.1, -0.05) is 66.7 Å². The van der Waals surface area contributed by atoms with Gasteiger partial charge >= 0.3 is 6.03 Å². The Labute approximate surface area is 186 Å². The van der Waals surface area contributed by atoms with Gasteiger partial charge < -0.3 is 5.32 Å². The number of imide groups is 1. The molecule has 0 bridgehead atoms. The first kappa shape index (κ1) is 20.0. The van der Waals surface area contributed by atoms with E-state index in [0.29, 0.717) is 13.1 Å². The molecule has 0 aliphatic carbocycles. The molecule has 3 heterocycles. The van der Waals surface area contributed by atoms with Crippen LogP contribution in [0.1, 0.15) is 34.9 Å². The molecule has 5 nitrogen and oxygen atoms in total. The summed E-state index contributed by atoms with van der Waals surface area (Å²) in [5.41, 5.74) is 0.744. The zero-order chi connectivity index (χ0) is 21.3. The quantitative estimate of drug-likeness (QED) is 0.584. The Morgan fingerprint density at radius 3 is 2.42 bits per heavy atom. The van der Waals surface area contributed by atoms with E-state index in [9.17, 15) is 9.59 Å². The van der Waals surface area contributed by atoms with Crippen LogP contribution in [0.15, 0.2) is 78.2 Å². The number of thiophene rings is 1. The van der Waals surface area contributed by atoms with Gasteiger partial charge in [0.05, 0.1) is 6.67 Å². The van der Waals surface area contributed by atoms with Crippen LogP contribution in [0.4, 0.5) is 4.79 Å². The summed E-state index contributed by atoms with van der Waals surface area (Å²) in [4.78, 5) is 31.9. The van der Waals surface area contributed by atoms with Crippen LogP contribution in [0.2, 0.25) is 0 Å². The second-order valence-corrected chi connectivity index (χ2v) is 9.20. The molecule has 3 aromatic rings. The minimum atomic E-state index is -1.09. The summed E-state index contributed by atoms with van der Waals surface area (Å²) < 4.78 is 0. The normalized spacial score (nSPS) is 24.0. The van der Waals surface area contributed by atoms with E-state index in [2.05, 4.69) is 27.7 Å². The lowest BCUT2D eigenvalue weighted by molar-refractivity contribution is -0.133. The fraction of sp³-hybridized carbons (Fsp3) is 0.280. The van der Waals surface area contributed by atoms with E-state index in [1.54, 1.807) is 11.3 Å². The van der Waals surface area contributed by atoms with Crippen LogP contribution in [0, 0.1) is 0 Å². The van der Waals surface area contributed by atoms with E-state index < -0.39 is 5.54 Å². The van der Waals surface area contributed by atoms with Gasteiger partial charge in [-0.15, -0.1) is 11.3 Å². The van der Waals surface area contributed by atoms with Crippen molar-refractivity contribution in [1.82, 2.24) is 15.1 Å². The minimum Gasteiger partial charge on any atom is -0.319 e.